The Morgan fingerprint density at radius 2 is 1.77 bits per heavy atom. The number of fused-ring (bicyclic) bond motifs is 5. The van der Waals surface area contributed by atoms with Crippen LogP contribution in [0.1, 0.15) is 46.2 Å². The van der Waals surface area contributed by atoms with Crippen molar-refractivity contribution in [1.82, 2.24) is 10.6 Å². The molecule has 1 heterocycles. The van der Waals surface area contributed by atoms with Crippen molar-refractivity contribution in [1.29, 1.82) is 0 Å². The molecule has 5 rings (SSSR count). The first kappa shape index (κ1) is 19.8. The Labute approximate surface area is 181 Å². The molecule has 0 aromatic heterocycles. The van der Waals surface area contributed by atoms with E-state index in [9.17, 15) is 9.18 Å². The normalized spacial score (nSPS) is 21.4. The second-order valence-electron chi connectivity index (χ2n) is 8.34. The first-order valence-electron chi connectivity index (χ1n) is 10.7. The average Bonchev–Trinajstić information content (AvgIpc) is 3.17. The monoisotopic (exact) mass is 416 g/mol. The summed E-state index contributed by atoms with van der Waals surface area (Å²) < 4.78 is 19.4. The van der Waals surface area contributed by atoms with E-state index in [-0.39, 0.29) is 30.4 Å². The number of rotatable bonds is 4. The highest BCUT2D eigenvalue weighted by atomic mass is 19.1. The second-order valence-corrected chi connectivity index (χ2v) is 8.34. The van der Waals surface area contributed by atoms with Crippen LogP contribution in [-0.4, -0.2) is 18.7 Å². The van der Waals surface area contributed by atoms with E-state index in [0.717, 1.165) is 29.5 Å². The fourth-order valence-electron chi connectivity index (χ4n) is 4.90. The van der Waals surface area contributed by atoms with Gasteiger partial charge in [-0.25, -0.2) is 9.18 Å². The van der Waals surface area contributed by atoms with E-state index in [0.29, 0.717) is 6.54 Å². The van der Waals surface area contributed by atoms with Gasteiger partial charge in [0.1, 0.15) is 12.4 Å². The van der Waals surface area contributed by atoms with Crippen molar-refractivity contribution in [2.75, 3.05) is 6.54 Å². The van der Waals surface area contributed by atoms with Crippen molar-refractivity contribution in [2.24, 2.45) is 0 Å². The van der Waals surface area contributed by atoms with Crippen molar-refractivity contribution in [3.8, 4) is 0 Å². The minimum absolute atomic E-state index is 0.0292. The molecular weight excluding hydrogens is 391 g/mol. The van der Waals surface area contributed by atoms with Crippen LogP contribution >= 0.6 is 0 Å². The van der Waals surface area contributed by atoms with Gasteiger partial charge >= 0.3 is 6.09 Å². The van der Waals surface area contributed by atoms with Crippen LogP contribution < -0.4 is 10.6 Å². The van der Waals surface area contributed by atoms with E-state index >= 15 is 0 Å². The van der Waals surface area contributed by atoms with Crippen molar-refractivity contribution in [3.63, 3.8) is 0 Å². The summed E-state index contributed by atoms with van der Waals surface area (Å²) in [5.74, 6) is 0.0303. The Morgan fingerprint density at radius 3 is 2.65 bits per heavy atom. The summed E-state index contributed by atoms with van der Waals surface area (Å²) in [5.41, 5.74) is 5.74. The number of carbonyl (C=O) groups excluding carboxylic acids is 1. The first-order valence-corrected chi connectivity index (χ1v) is 10.7. The third-order valence-electron chi connectivity index (χ3n) is 6.34. The van der Waals surface area contributed by atoms with Gasteiger partial charge in [-0.2, -0.15) is 0 Å². The Balaban J connectivity index is 1.28. The van der Waals surface area contributed by atoms with Gasteiger partial charge in [-0.3, -0.25) is 0 Å². The van der Waals surface area contributed by atoms with Crippen molar-refractivity contribution in [2.45, 2.75) is 37.5 Å². The fraction of sp³-hybridized carbons (Fsp3) is 0.269. The molecule has 0 bridgehead atoms. The number of benzene rings is 3. The smallest absolute Gasteiger partial charge is 0.407 e. The van der Waals surface area contributed by atoms with Gasteiger partial charge in [0.2, 0.25) is 0 Å². The quantitative estimate of drug-likeness (QED) is 0.640. The third-order valence-corrected chi connectivity index (χ3v) is 6.34. The SMILES string of the molecule is O=C(NC[C@@H]1C[C@@H]2c3ccccc3Cc3ccc(F)cc3[C@H]2N1)OCc1ccccc1. The topological polar surface area (TPSA) is 50.4 Å². The van der Waals surface area contributed by atoms with Gasteiger partial charge in [-0.1, -0.05) is 60.7 Å². The number of carbonyl (C=O) groups is 1. The van der Waals surface area contributed by atoms with E-state index in [1.165, 1.54) is 11.1 Å². The highest BCUT2D eigenvalue weighted by Gasteiger charge is 2.39. The molecule has 3 atom stereocenters. The van der Waals surface area contributed by atoms with Gasteiger partial charge in [0, 0.05) is 24.5 Å². The molecule has 31 heavy (non-hydrogen) atoms. The minimum Gasteiger partial charge on any atom is -0.445 e. The lowest BCUT2D eigenvalue weighted by atomic mass is 9.87. The summed E-state index contributed by atoms with van der Waals surface area (Å²) in [6.07, 6.45) is 1.26. The molecular formula is C26H25FN2O2. The fourth-order valence-corrected chi connectivity index (χ4v) is 4.90. The van der Waals surface area contributed by atoms with Crippen LogP contribution in [0.15, 0.2) is 72.8 Å². The van der Waals surface area contributed by atoms with Gasteiger partial charge in [0.25, 0.3) is 0 Å². The number of hydrogen-bond acceptors (Lipinski definition) is 3. The van der Waals surface area contributed by atoms with E-state index in [4.69, 9.17) is 4.74 Å². The number of amides is 1. The highest BCUT2D eigenvalue weighted by molar-refractivity contribution is 5.67. The van der Waals surface area contributed by atoms with Gasteiger partial charge in [-0.05, 0) is 52.8 Å². The number of hydrogen-bond donors (Lipinski definition) is 2. The van der Waals surface area contributed by atoms with Crippen LogP contribution in [0.4, 0.5) is 9.18 Å². The molecule has 0 unspecified atom stereocenters. The zero-order valence-corrected chi connectivity index (χ0v) is 17.2. The largest absolute Gasteiger partial charge is 0.445 e. The van der Waals surface area contributed by atoms with Gasteiger partial charge in [0.15, 0.2) is 0 Å². The van der Waals surface area contributed by atoms with Crippen molar-refractivity contribution >= 4 is 6.09 Å². The first-order chi connectivity index (χ1) is 15.2. The van der Waals surface area contributed by atoms with Gasteiger partial charge in [-0.15, -0.1) is 0 Å². The van der Waals surface area contributed by atoms with Gasteiger partial charge < -0.3 is 15.4 Å². The minimum atomic E-state index is -0.426. The molecule has 1 aliphatic heterocycles. The maximum Gasteiger partial charge on any atom is 0.407 e. The molecule has 0 saturated carbocycles. The molecule has 5 heteroatoms. The molecule has 3 aromatic rings. The summed E-state index contributed by atoms with van der Waals surface area (Å²) in [6, 6.07) is 23.3. The third kappa shape index (κ3) is 4.19. The van der Waals surface area contributed by atoms with E-state index in [1.807, 2.05) is 36.4 Å². The van der Waals surface area contributed by atoms with Crippen LogP contribution in [-0.2, 0) is 17.8 Å². The number of halogens is 1. The van der Waals surface area contributed by atoms with Crippen molar-refractivity contribution in [3.05, 3.63) is 106 Å². The molecule has 4 nitrogen and oxygen atoms in total. The van der Waals surface area contributed by atoms with Crippen LogP contribution in [0, 0.1) is 5.82 Å². The lowest BCUT2D eigenvalue weighted by Gasteiger charge is -2.20. The number of nitrogens with one attached hydrogen (secondary N) is 2. The molecule has 3 aromatic carbocycles. The predicted octanol–water partition coefficient (Wildman–Crippen LogP) is 4.84. The molecule has 1 aliphatic carbocycles. The zero-order valence-electron chi connectivity index (χ0n) is 17.2. The summed E-state index contributed by atoms with van der Waals surface area (Å²) in [6.45, 7) is 0.712. The molecule has 2 aliphatic rings. The van der Waals surface area contributed by atoms with Crippen LogP contribution in [0.3, 0.4) is 0 Å². The van der Waals surface area contributed by atoms with E-state index in [2.05, 4.69) is 34.9 Å². The summed E-state index contributed by atoms with van der Waals surface area (Å²) in [7, 11) is 0. The molecule has 1 amide bonds. The van der Waals surface area contributed by atoms with Crippen molar-refractivity contribution < 1.29 is 13.9 Å². The Hall–Kier alpha value is -3.18. The zero-order chi connectivity index (χ0) is 21.2. The predicted molar refractivity (Wildman–Crippen MR) is 117 cm³/mol. The second kappa shape index (κ2) is 8.52. The average molecular weight is 416 g/mol. The molecule has 158 valence electrons. The standard InChI is InChI=1S/C26H25FN2O2/c27-20-11-10-19-12-18-8-4-5-9-22(18)24-14-21(29-25(24)23(19)13-20)15-28-26(30)31-16-17-6-2-1-3-7-17/h1-11,13,21,24-25,29H,12,14-16H2,(H,28,30)/t21-,24+,25+/m0/s1. The van der Waals surface area contributed by atoms with Crippen LogP contribution in [0.5, 0.6) is 0 Å². The van der Waals surface area contributed by atoms with Crippen LogP contribution in [0.25, 0.3) is 0 Å². The summed E-state index contributed by atoms with van der Waals surface area (Å²) in [5, 5.41) is 6.53. The molecule has 1 saturated heterocycles. The number of alkyl carbamates (subject to hydrolysis) is 1. The maximum absolute atomic E-state index is 14.1. The molecule has 0 radical (unpaired) electrons. The Morgan fingerprint density at radius 1 is 1.00 bits per heavy atom. The lowest BCUT2D eigenvalue weighted by Crippen LogP contribution is -2.38. The molecule has 2 N–H and O–H groups in total. The summed E-state index contributed by atoms with van der Waals surface area (Å²) >= 11 is 0. The molecule has 1 fully saturated rings. The van der Waals surface area contributed by atoms with Gasteiger partial charge in [0.05, 0.1) is 0 Å². The van der Waals surface area contributed by atoms with E-state index < -0.39 is 6.09 Å². The number of ether oxygens (including phenoxy) is 1. The van der Waals surface area contributed by atoms with Crippen LogP contribution in [0.2, 0.25) is 0 Å². The maximum atomic E-state index is 14.1. The summed E-state index contributed by atoms with van der Waals surface area (Å²) in [4.78, 5) is 12.2. The Kier molecular flexibility index (Phi) is 5.43. The Bertz CT molecular complexity index is 1090. The molecule has 0 spiro atoms. The highest BCUT2D eigenvalue weighted by Crippen LogP contribution is 2.45. The van der Waals surface area contributed by atoms with E-state index in [1.54, 1.807) is 12.1 Å². The lowest BCUT2D eigenvalue weighted by molar-refractivity contribution is 0.138.